The van der Waals surface area contributed by atoms with Crippen LogP contribution >= 0.6 is 0 Å². The molecule has 1 aromatic heterocycles. The maximum absolute atomic E-state index is 13.3. The summed E-state index contributed by atoms with van der Waals surface area (Å²) in [6, 6.07) is 12.3. The van der Waals surface area contributed by atoms with E-state index in [4.69, 9.17) is 4.74 Å². The Morgan fingerprint density at radius 2 is 1.79 bits per heavy atom. The summed E-state index contributed by atoms with van der Waals surface area (Å²) in [4.78, 5) is 43.8. The molecular weight excluding hydrogens is 420 g/mol. The van der Waals surface area contributed by atoms with Crippen LogP contribution in [0.5, 0.6) is 0 Å². The summed E-state index contributed by atoms with van der Waals surface area (Å²) in [6.45, 7) is 6.34. The standard InChI is InChI=1S/C25H32N4O4/c1-25(2,3)33-24(32)28-21(16-18-8-5-4-6-9-18)23(31)29-14-11-20(12-15-29)27-22(30)19-10-7-13-26-17-19/h4-10,13,17,20-21H,11-12,14-16H2,1-3H3,(H,27,30)(H,28,32). The maximum Gasteiger partial charge on any atom is 0.408 e. The van der Waals surface area contributed by atoms with Crippen molar-refractivity contribution < 1.29 is 19.1 Å². The second-order valence-corrected chi connectivity index (χ2v) is 9.20. The molecule has 1 aliphatic rings. The molecule has 2 N–H and O–H groups in total. The minimum absolute atomic E-state index is 0.0202. The molecular formula is C25H32N4O4. The van der Waals surface area contributed by atoms with E-state index in [-0.39, 0.29) is 17.9 Å². The number of nitrogens with one attached hydrogen (secondary N) is 2. The summed E-state index contributed by atoms with van der Waals surface area (Å²) in [5.74, 6) is -0.317. The summed E-state index contributed by atoms with van der Waals surface area (Å²) in [5, 5.41) is 5.77. The van der Waals surface area contributed by atoms with E-state index in [0.717, 1.165) is 5.56 Å². The predicted octanol–water partition coefficient (Wildman–Crippen LogP) is 2.94. The summed E-state index contributed by atoms with van der Waals surface area (Å²) in [7, 11) is 0. The van der Waals surface area contributed by atoms with Crippen molar-refractivity contribution in [3.63, 3.8) is 0 Å². The van der Waals surface area contributed by atoms with Crippen LogP contribution in [-0.4, -0.2) is 58.6 Å². The van der Waals surface area contributed by atoms with Gasteiger partial charge in [0, 0.05) is 37.9 Å². The van der Waals surface area contributed by atoms with Gasteiger partial charge in [-0.15, -0.1) is 0 Å². The fourth-order valence-corrected chi connectivity index (χ4v) is 3.73. The molecule has 1 unspecified atom stereocenters. The predicted molar refractivity (Wildman–Crippen MR) is 125 cm³/mol. The van der Waals surface area contributed by atoms with Crippen molar-refractivity contribution in [2.45, 2.75) is 57.7 Å². The largest absolute Gasteiger partial charge is 0.444 e. The normalized spacial score (nSPS) is 15.4. The molecule has 3 rings (SSSR count). The Hall–Kier alpha value is -3.42. The molecule has 1 atom stereocenters. The molecule has 8 heteroatoms. The Morgan fingerprint density at radius 1 is 1.09 bits per heavy atom. The highest BCUT2D eigenvalue weighted by molar-refractivity contribution is 5.94. The van der Waals surface area contributed by atoms with E-state index in [0.29, 0.717) is 37.9 Å². The molecule has 0 bridgehead atoms. The molecule has 0 spiro atoms. The van der Waals surface area contributed by atoms with Gasteiger partial charge in [0.05, 0.1) is 5.56 Å². The lowest BCUT2D eigenvalue weighted by atomic mass is 10.0. The first-order valence-electron chi connectivity index (χ1n) is 11.2. The van der Waals surface area contributed by atoms with Crippen molar-refractivity contribution in [1.29, 1.82) is 0 Å². The highest BCUT2D eigenvalue weighted by Crippen LogP contribution is 2.15. The van der Waals surface area contributed by atoms with Crippen LogP contribution < -0.4 is 10.6 Å². The zero-order chi connectivity index (χ0) is 23.8. The topological polar surface area (TPSA) is 101 Å². The van der Waals surface area contributed by atoms with Gasteiger partial charge in [-0.1, -0.05) is 30.3 Å². The van der Waals surface area contributed by atoms with Crippen molar-refractivity contribution in [2.75, 3.05) is 13.1 Å². The van der Waals surface area contributed by atoms with E-state index in [2.05, 4.69) is 15.6 Å². The molecule has 1 aromatic carbocycles. The van der Waals surface area contributed by atoms with E-state index in [1.807, 2.05) is 30.3 Å². The van der Waals surface area contributed by atoms with Crippen molar-refractivity contribution in [1.82, 2.24) is 20.5 Å². The summed E-state index contributed by atoms with van der Waals surface area (Å²) >= 11 is 0. The molecule has 8 nitrogen and oxygen atoms in total. The summed E-state index contributed by atoms with van der Waals surface area (Å²) < 4.78 is 5.37. The van der Waals surface area contributed by atoms with Gasteiger partial charge in [0.1, 0.15) is 11.6 Å². The molecule has 2 aromatic rings. The smallest absolute Gasteiger partial charge is 0.408 e. The lowest BCUT2D eigenvalue weighted by molar-refractivity contribution is -0.134. The minimum Gasteiger partial charge on any atom is -0.444 e. The van der Waals surface area contributed by atoms with Crippen LogP contribution in [0.2, 0.25) is 0 Å². The van der Waals surface area contributed by atoms with Crippen LogP contribution in [0.15, 0.2) is 54.9 Å². The molecule has 1 saturated heterocycles. The number of likely N-dealkylation sites (tertiary alicyclic amines) is 1. The van der Waals surface area contributed by atoms with Gasteiger partial charge >= 0.3 is 6.09 Å². The summed E-state index contributed by atoms with van der Waals surface area (Å²) in [5.41, 5.74) is 0.806. The Labute approximate surface area is 194 Å². The third-order valence-corrected chi connectivity index (χ3v) is 5.34. The number of alkyl carbamates (subject to hydrolysis) is 1. The number of carbonyl (C=O) groups excluding carboxylic acids is 3. The number of rotatable bonds is 6. The maximum atomic E-state index is 13.3. The average molecular weight is 453 g/mol. The number of amides is 3. The van der Waals surface area contributed by atoms with Gasteiger partial charge in [0.25, 0.3) is 5.91 Å². The zero-order valence-corrected chi connectivity index (χ0v) is 19.4. The second-order valence-electron chi connectivity index (χ2n) is 9.20. The minimum atomic E-state index is -0.733. The molecule has 0 aliphatic carbocycles. The highest BCUT2D eigenvalue weighted by atomic mass is 16.6. The van der Waals surface area contributed by atoms with Gasteiger partial charge in [-0.3, -0.25) is 14.6 Å². The fraction of sp³-hybridized carbons (Fsp3) is 0.440. The molecule has 1 aliphatic heterocycles. The van der Waals surface area contributed by atoms with Gasteiger partial charge < -0.3 is 20.3 Å². The van der Waals surface area contributed by atoms with Crippen LogP contribution in [0.25, 0.3) is 0 Å². The number of ether oxygens (including phenoxy) is 1. The van der Waals surface area contributed by atoms with Gasteiger partial charge in [-0.2, -0.15) is 0 Å². The lowest BCUT2D eigenvalue weighted by Crippen LogP contribution is -2.54. The Bertz CT molecular complexity index is 936. The number of carbonyl (C=O) groups is 3. The average Bonchev–Trinajstić information content (AvgIpc) is 2.79. The highest BCUT2D eigenvalue weighted by Gasteiger charge is 2.31. The molecule has 3 amide bonds. The Morgan fingerprint density at radius 3 is 2.39 bits per heavy atom. The fourth-order valence-electron chi connectivity index (χ4n) is 3.73. The number of hydrogen-bond donors (Lipinski definition) is 2. The van der Waals surface area contributed by atoms with Gasteiger partial charge in [-0.25, -0.2) is 4.79 Å². The number of nitrogens with zero attached hydrogens (tertiary/aromatic N) is 2. The third kappa shape index (κ3) is 7.59. The molecule has 176 valence electrons. The Kier molecular flexibility index (Phi) is 8.03. The van der Waals surface area contributed by atoms with Crippen LogP contribution in [0, 0.1) is 0 Å². The van der Waals surface area contributed by atoms with Crippen molar-refractivity contribution in [3.05, 3.63) is 66.0 Å². The zero-order valence-electron chi connectivity index (χ0n) is 19.4. The lowest BCUT2D eigenvalue weighted by Gasteiger charge is -2.35. The van der Waals surface area contributed by atoms with E-state index < -0.39 is 17.7 Å². The molecule has 2 heterocycles. The number of benzene rings is 1. The third-order valence-electron chi connectivity index (χ3n) is 5.34. The first kappa shape index (κ1) is 24.2. The molecule has 1 fully saturated rings. The van der Waals surface area contributed by atoms with E-state index >= 15 is 0 Å². The number of aromatic nitrogens is 1. The quantitative estimate of drug-likeness (QED) is 0.702. The number of pyridine rings is 1. The van der Waals surface area contributed by atoms with Crippen molar-refractivity contribution in [3.8, 4) is 0 Å². The second kappa shape index (κ2) is 10.9. The SMILES string of the molecule is CC(C)(C)OC(=O)NC(Cc1ccccc1)C(=O)N1CCC(NC(=O)c2cccnc2)CC1. The molecule has 0 saturated carbocycles. The van der Waals surface area contributed by atoms with Crippen LogP contribution in [0.4, 0.5) is 4.79 Å². The van der Waals surface area contributed by atoms with Gasteiger partial charge in [0.2, 0.25) is 5.91 Å². The van der Waals surface area contributed by atoms with Crippen LogP contribution in [-0.2, 0) is 16.0 Å². The number of piperidine rings is 1. The molecule has 0 radical (unpaired) electrons. The Balaban J connectivity index is 1.60. The van der Waals surface area contributed by atoms with E-state index in [1.165, 1.54) is 6.20 Å². The van der Waals surface area contributed by atoms with E-state index in [9.17, 15) is 14.4 Å². The first-order valence-corrected chi connectivity index (χ1v) is 11.2. The first-order chi connectivity index (χ1) is 15.7. The monoisotopic (exact) mass is 452 g/mol. The van der Waals surface area contributed by atoms with Crippen molar-refractivity contribution in [2.24, 2.45) is 0 Å². The van der Waals surface area contributed by atoms with Gasteiger partial charge in [0.15, 0.2) is 0 Å². The number of hydrogen-bond acceptors (Lipinski definition) is 5. The van der Waals surface area contributed by atoms with Gasteiger partial charge in [-0.05, 0) is 51.3 Å². The van der Waals surface area contributed by atoms with E-state index in [1.54, 1.807) is 44.0 Å². The summed E-state index contributed by atoms with van der Waals surface area (Å²) in [6.07, 6.45) is 4.19. The van der Waals surface area contributed by atoms with Crippen molar-refractivity contribution >= 4 is 17.9 Å². The van der Waals surface area contributed by atoms with Crippen LogP contribution in [0.3, 0.4) is 0 Å². The van der Waals surface area contributed by atoms with Crippen LogP contribution in [0.1, 0.15) is 49.5 Å². The molecule has 33 heavy (non-hydrogen) atoms.